The zero-order valence-corrected chi connectivity index (χ0v) is 15.1. The molecule has 0 aromatic heterocycles. The average Bonchev–Trinajstić information content (AvgIpc) is 2.54. The minimum absolute atomic E-state index is 0.290. The second-order valence-corrected chi connectivity index (χ2v) is 7.68. The molecular formula is C18H19BrN2OS. The summed E-state index contributed by atoms with van der Waals surface area (Å²) in [4.78, 5) is 12.1. The van der Waals surface area contributed by atoms with Gasteiger partial charge in [0.2, 0.25) is 5.91 Å². The lowest BCUT2D eigenvalue weighted by Gasteiger charge is -2.27. The Balaban J connectivity index is 1.71. The predicted octanol–water partition coefficient (Wildman–Crippen LogP) is 4.00. The number of primary amides is 1. The van der Waals surface area contributed by atoms with Crippen LogP contribution >= 0.6 is 27.7 Å². The molecule has 2 aromatic carbocycles. The number of carbonyl (C=O) groups is 1. The molecule has 0 bridgehead atoms. The summed E-state index contributed by atoms with van der Waals surface area (Å²) in [5.41, 5.74) is 9.20. The van der Waals surface area contributed by atoms with Crippen molar-refractivity contribution in [1.82, 2.24) is 0 Å². The number of aryl methyl sites for hydroxylation is 1. The van der Waals surface area contributed by atoms with Gasteiger partial charge in [-0.2, -0.15) is 0 Å². The van der Waals surface area contributed by atoms with E-state index in [4.69, 9.17) is 5.73 Å². The van der Waals surface area contributed by atoms with Crippen LogP contribution in [0.5, 0.6) is 0 Å². The van der Waals surface area contributed by atoms with Crippen LogP contribution in [0.1, 0.15) is 17.5 Å². The smallest absolute Gasteiger partial charge is 0.227 e. The number of fused-ring (bicyclic) bond motifs is 1. The van der Waals surface area contributed by atoms with Gasteiger partial charge in [0.15, 0.2) is 0 Å². The summed E-state index contributed by atoms with van der Waals surface area (Å²) in [7, 11) is 0. The third kappa shape index (κ3) is 4.30. The maximum atomic E-state index is 11.0. The summed E-state index contributed by atoms with van der Waals surface area (Å²) < 4.78 is 1.15. The number of rotatable bonds is 5. The van der Waals surface area contributed by atoms with E-state index in [9.17, 15) is 4.79 Å². The van der Waals surface area contributed by atoms with Crippen LogP contribution in [0.4, 0.5) is 5.69 Å². The molecule has 23 heavy (non-hydrogen) atoms. The van der Waals surface area contributed by atoms with Gasteiger partial charge in [-0.3, -0.25) is 4.79 Å². The van der Waals surface area contributed by atoms with Crippen LogP contribution in [0.15, 0.2) is 51.8 Å². The second-order valence-electron chi connectivity index (χ2n) is 5.75. The number of benzene rings is 2. The van der Waals surface area contributed by atoms with Gasteiger partial charge in [-0.15, -0.1) is 11.8 Å². The van der Waals surface area contributed by atoms with Crippen LogP contribution < -0.4 is 11.1 Å². The Morgan fingerprint density at radius 3 is 2.91 bits per heavy atom. The van der Waals surface area contributed by atoms with E-state index in [2.05, 4.69) is 45.5 Å². The van der Waals surface area contributed by atoms with Crippen molar-refractivity contribution in [1.29, 1.82) is 0 Å². The number of nitrogens with two attached hydrogens (primary N) is 1. The highest BCUT2D eigenvalue weighted by molar-refractivity contribution is 9.10. The van der Waals surface area contributed by atoms with Crippen LogP contribution in [0.2, 0.25) is 0 Å². The first-order valence-electron chi connectivity index (χ1n) is 7.66. The van der Waals surface area contributed by atoms with Crippen molar-refractivity contribution in [3.8, 4) is 0 Å². The van der Waals surface area contributed by atoms with Gasteiger partial charge in [0.05, 0.1) is 5.75 Å². The van der Waals surface area contributed by atoms with Crippen LogP contribution in [-0.4, -0.2) is 17.7 Å². The fourth-order valence-corrected chi connectivity index (χ4v) is 4.09. The molecule has 0 heterocycles. The third-order valence-corrected chi connectivity index (χ3v) is 5.60. The lowest BCUT2D eigenvalue weighted by Crippen LogP contribution is -2.27. The van der Waals surface area contributed by atoms with E-state index >= 15 is 0 Å². The molecule has 5 heteroatoms. The van der Waals surface area contributed by atoms with Crippen LogP contribution in [0.25, 0.3) is 0 Å². The molecule has 1 aliphatic carbocycles. The summed E-state index contributed by atoms with van der Waals surface area (Å²) in [6, 6.07) is 15.1. The average molecular weight is 391 g/mol. The van der Waals surface area contributed by atoms with Crippen molar-refractivity contribution in [3.05, 3.63) is 58.1 Å². The Kier molecular flexibility index (Phi) is 5.28. The molecule has 3 rings (SSSR count). The maximum Gasteiger partial charge on any atom is 0.227 e. The highest BCUT2D eigenvalue weighted by Crippen LogP contribution is 2.30. The van der Waals surface area contributed by atoms with Gasteiger partial charge >= 0.3 is 0 Å². The molecule has 120 valence electrons. The molecule has 3 nitrogen and oxygen atoms in total. The van der Waals surface area contributed by atoms with E-state index in [1.165, 1.54) is 22.9 Å². The van der Waals surface area contributed by atoms with E-state index < -0.39 is 0 Å². The summed E-state index contributed by atoms with van der Waals surface area (Å²) in [5.74, 6) is 0.0159. The number of anilines is 1. The van der Waals surface area contributed by atoms with Gasteiger partial charge in [0, 0.05) is 21.1 Å². The summed E-state index contributed by atoms with van der Waals surface area (Å²) in [6.07, 6.45) is 3.22. The van der Waals surface area contributed by atoms with Gasteiger partial charge in [-0.05, 0) is 54.7 Å². The fourth-order valence-electron chi connectivity index (χ4n) is 2.93. The van der Waals surface area contributed by atoms with Crippen molar-refractivity contribution < 1.29 is 4.79 Å². The van der Waals surface area contributed by atoms with Crippen molar-refractivity contribution >= 4 is 39.3 Å². The standard InChI is InChI=1S/C18H19BrN2OS/c19-14-7-5-13-10-15(8-6-12(13)9-14)21-16-3-1-2-4-17(16)23-11-18(20)22/h1-5,7,9,15,21H,6,8,10-11H2,(H2,20,22). The van der Waals surface area contributed by atoms with Crippen LogP contribution in [0.3, 0.4) is 0 Å². The minimum atomic E-state index is -0.290. The zero-order valence-electron chi connectivity index (χ0n) is 12.7. The van der Waals surface area contributed by atoms with Crippen molar-refractivity contribution in [2.24, 2.45) is 5.73 Å². The molecule has 0 radical (unpaired) electrons. The Morgan fingerprint density at radius 2 is 2.09 bits per heavy atom. The first-order valence-corrected chi connectivity index (χ1v) is 9.43. The number of hydrogen-bond acceptors (Lipinski definition) is 3. The van der Waals surface area contributed by atoms with E-state index in [0.29, 0.717) is 11.8 Å². The lowest BCUT2D eigenvalue weighted by atomic mass is 9.88. The van der Waals surface area contributed by atoms with E-state index in [1.54, 1.807) is 0 Å². The van der Waals surface area contributed by atoms with Gasteiger partial charge in [0.25, 0.3) is 0 Å². The number of para-hydroxylation sites is 1. The lowest BCUT2D eigenvalue weighted by molar-refractivity contribution is -0.115. The summed E-state index contributed by atoms with van der Waals surface area (Å²) in [5, 5.41) is 3.64. The Bertz CT molecular complexity index is 720. The number of carbonyl (C=O) groups excluding carboxylic acids is 1. The molecule has 0 saturated carbocycles. The molecule has 3 N–H and O–H groups in total. The van der Waals surface area contributed by atoms with E-state index in [-0.39, 0.29) is 5.91 Å². The number of hydrogen-bond donors (Lipinski definition) is 2. The molecule has 0 fully saturated rings. The highest BCUT2D eigenvalue weighted by Gasteiger charge is 2.19. The molecule has 0 spiro atoms. The molecule has 1 atom stereocenters. The van der Waals surface area contributed by atoms with Crippen molar-refractivity contribution in [2.75, 3.05) is 11.1 Å². The van der Waals surface area contributed by atoms with Gasteiger partial charge in [-0.25, -0.2) is 0 Å². The van der Waals surface area contributed by atoms with Gasteiger partial charge < -0.3 is 11.1 Å². The number of amides is 1. The van der Waals surface area contributed by atoms with Gasteiger partial charge in [-0.1, -0.05) is 34.1 Å². The number of thioether (sulfide) groups is 1. The molecule has 1 unspecified atom stereocenters. The molecule has 1 aliphatic rings. The molecule has 0 saturated heterocycles. The highest BCUT2D eigenvalue weighted by atomic mass is 79.9. The van der Waals surface area contributed by atoms with Crippen LogP contribution in [0, 0.1) is 0 Å². The first-order chi connectivity index (χ1) is 11.1. The zero-order chi connectivity index (χ0) is 16.2. The summed E-state index contributed by atoms with van der Waals surface area (Å²) >= 11 is 5.03. The fraction of sp³-hybridized carbons (Fsp3) is 0.278. The molecular weight excluding hydrogens is 372 g/mol. The van der Waals surface area contributed by atoms with Gasteiger partial charge in [0.1, 0.15) is 0 Å². The Labute approximate surface area is 149 Å². The van der Waals surface area contributed by atoms with Crippen LogP contribution in [-0.2, 0) is 17.6 Å². The van der Waals surface area contributed by atoms with Crippen molar-refractivity contribution in [2.45, 2.75) is 30.2 Å². The summed E-state index contributed by atoms with van der Waals surface area (Å²) in [6.45, 7) is 0. The largest absolute Gasteiger partial charge is 0.381 e. The maximum absolute atomic E-state index is 11.0. The number of nitrogens with one attached hydrogen (secondary N) is 1. The molecule has 1 amide bonds. The topological polar surface area (TPSA) is 55.1 Å². The monoisotopic (exact) mass is 390 g/mol. The normalized spacial score (nSPS) is 16.7. The minimum Gasteiger partial charge on any atom is -0.381 e. The predicted molar refractivity (Wildman–Crippen MR) is 99.9 cm³/mol. The molecule has 2 aromatic rings. The van der Waals surface area contributed by atoms with Crippen molar-refractivity contribution in [3.63, 3.8) is 0 Å². The molecule has 0 aliphatic heterocycles. The second kappa shape index (κ2) is 7.41. The van der Waals surface area contributed by atoms with E-state index in [0.717, 1.165) is 34.3 Å². The SMILES string of the molecule is NC(=O)CSc1ccccc1NC1CCc2cc(Br)ccc2C1. The quantitative estimate of drug-likeness (QED) is 0.758. The first kappa shape index (κ1) is 16.4. The number of halogens is 1. The Morgan fingerprint density at radius 1 is 1.26 bits per heavy atom. The Hall–Kier alpha value is -1.46. The third-order valence-electron chi connectivity index (χ3n) is 4.01. The van der Waals surface area contributed by atoms with E-state index in [1.807, 2.05) is 18.2 Å².